The van der Waals surface area contributed by atoms with E-state index in [0.29, 0.717) is 18.0 Å². The minimum atomic E-state index is -0.327. The van der Waals surface area contributed by atoms with Crippen LogP contribution in [0.25, 0.3) is 11.3 Å². The van der Waals surface area contributed by atoms with E-state index in [0.717, 1.165) is 65.5 Å². The van der Waals surface area contributed by atoms with E-state index >= 15 is 0 Å². The highest BCUT2D eigenvalue weighted by Gasteiger charge is 2.31. The Labute approximate surface area is 286 Å². The Balaban J connectivity index is 1.06. The number of nitrogens with one attached hydrogen (secondary N) is 2. The smallest absolute Gasteiger partial charge is 0.320 e. The number of urea groups is 1. The molecule has 2 aliphatic rings. The summed E-state index contributed by atoms with van der Waals surface area (Å²) in [6.45, 7) is 7.50. The molecule has 4 heterocycles. The van der Waals surface area contributed by atoms with Gasteiger partial charge < -0.3 is 19.9 Å². The van der Waals surface area contributed by atoms with Crippen molar-refractivity contribution in [3.8, 4) is 17.2 Å². The van der Waals surface area contributed by atoms with Gasteiger partial charge in [-0.2, -0.15) is 0 Å². The highest BCUT2D eigenvalue weighted by Crippen LogP contribution is 2.39. The quantitative estimate of drug-likeness (QED) is 0.172. The van der Waals surface area contributed by atoms with Crippen molar-refractivity contribution in [2.24, 2.45) is 0 Å². The highest BCUT2D eigenvalue weighted by molar-refractivity contribution is 5.88. The normalized spacial score (nSPS) is 19.5. The number of ether oxygens (including phenoxy) is 2. The lowest BCUT2D eigenvalue weighted by atomic mass is 9.85. The van der Waals surface area contributed by atoms with Gasteiger partial charge in [-0.3, -0.25) is 14.6 Å². The molecule has 49 heavy (non-hydrogen) atoms. The molecule has 3 N–H and O–H groups in total. The van der Waals surface area contributed by atoms with E-state index in [1.54, 1.807) is 0 Å². The molecule has 2 aromatic carbocycles. The number of nitrogens with zero attached hydrogens (tertiary/aromatic N) is 6. The van der Waals surface area contributed by atoms with Crippen molar-refractivity contribution in [2.75, 3.05) is 32.1 Å². The Morgan fingerprint density at radius 1 is 0.980 bits per heavy atom. The number of hydrogen-bond acceptors (Lipinski definition) is 8. The van der Waals surface area contributed by atoms with Gasteiger partial charge in [-0.1, -0.05) is 51.1 Å². The van der Waals surface area contributed by atoms with E-state index in [-0.39, 0.29) is 42.8 Å². The third-order valence-electron chi connectivity index (χ3n) is 9.38. The maximum absolute atomic E-state index is 13.4. The maximum atomic E-state index is 13.4. The van der Waals surface area contributed by atoms with Crippen LogP contribution in [0, 0.1) is 0 Å². The van der Waals surface area contributed by atoms with Gasteiger partial charge >= 0.3 is 6.03 Å². The Morgan fingerprint density at radius 2 is 1.82 bits per heavy atom. The second-order valence-electron chi connectivity index (χ2n) is 13.9. The van der Waals surface area contributed by atoms with Crippen LogP contribution < -0.4 is 20.1 Å². The Kier molecular flexibility index (Phi) is 9.00. The standard InChI is InChI=1S/C37H44N8O4/c1-37(2,3)32-22-33(42-45(32)24-9-7-10-25(21-24)48-20-19-46)39-36(47)38-29-15-16-31(28-12-6-5-11-27(28)29)49-26-14-17-34-40-41-35(44(34)23-26)30-13-8-18-43(30)4/h5-7,9-12,14,17,21-23,29-31,46H,8,13,15-16,18-20H2,1-4H3,(H2,38,39,42,47)/t29-,30-,31+/m0/s1. The number of benzene rings is 2. The van der Waals surface area contributed by atoms with E-state index in [2.05, 4.69) is 70.1 Å². The number of carbonyl (C=O) groups is 1. The molecule has 0 spiro atoms. The number of anilines is 1. The fourth-order valence-electron chi connectivity index (χ4n) is 6.96. The van der Waals surface area contributed by atoms with Gasteiger partial charge in [-0.15, -0.1) is 15.3 Å². The van der Waals surface area contributed by atoms with Crippen LogP contribution in [0.5, 0.6) is 11.5 Å². The van der Waals surface area contributed by atoms with Crippen LogP contribution in [0.2, 0.25) is 0 Å². The van der Waals surface area contributed by atoms with Gasteiger partial charge in [0.1, 0.15) is 24.2 Å². The lowest BCUT2D eigenvalue weighted by Crippen LogP contribution is -2.35. The molecule has 0 radical (unpaired) electrons. The first-order valence-electron chi connectivity index (χ1n) is 17.0. The predicted octanol–water partition coefficient (Wildman–Crippen LogP) is 6.13. The highest BCUT2D eigenvalue weighted by atomic mass is 16.5. The molecule has 1 aliphatic carbocycles. The van der Waals surface area contributed by atoms with Crippen LogP contribution >= 0.6 is 0 Å². The molecule has 3 aromatic heterocycles. The van der Waals surface area contributed by atoms with E-state index < -0.39 is 0 Å². The van der Waals surface area contributed by atoms with Crippen molar-refractivity contribution in [2.45, 2.75) is 70.1 Å². The van der Waals surface area contributed by atoms with Gasteiger partial charge in [0.15, 0.2) is 17.3 Å². The van der Waals surface area contributed by atoms with Gasteiger partial charge in [0.05, 0.1) is 36.3 Å². The van der Waals surface area contributed by atoms with Crippen LogP contribution in [0.4, 0.5) is 10.6 Å². The van der Waals surface area contributed by atoms with Crippen molar-refractivity contribution in [3.05, 3.63) is 95.6 Å². The summed E-state index contributed by atoms with van der Waals surface area (Å²) < 4.78 is 16.1. The zero-order valence-corrected chi connectivity index (χ0v) is 28.5. The number of pyridine rings is 1. The molecule has 12 heteroatoms. The van der Waals surface area contributed by atoms with Gasteiger partial charge in [0.2, 0.25) is 0 Å². The zero-order chi connectivity index (χ0) is 34.1. The topological polar surface area (TPSA) is 131 Å². The number of amides is 2. The molecule has 0 saturated carbocycles. The van der Waals surface area contributed by atoms with Crippen LogP contribution in [0.1, 0.15) is 87.3 Å². The van der Waals surface area contributed by atoms with Gasteiger partial charge in [-0.25, -0.2) is 9.48 Å². The number of hydrogen-bond donors (Lipinski definition) is 3. The van der Waals surface area contributed by atoms with Crippen LogP contribution in [-0.4, -0.2) is 67.2 Å². The molecule has 12 nitrogen and oxygen atoms in total. The molecule has 3 atom stereocenters. The lowest BCUT2D eigenvalue weighted by Gasteiger charge is -2.32. The van der Waals surface area contributed by atoms with E-state index in [1.807, 2.05) is 65.5 Å². The van der Waals surface area contributed by atoms with Crippen molar-refractivity contribution in [1.82, 2.24) is 34.6 Å². The molecule has 0 unspecified atom stereocenters. The fourth-order valence-corrected chi connectivity index (χ4v) is 6.96. The second kappa shape index (κ2) is 13.5. The average Bonchev–Trinajstić information content (AvgIpc) is 3.83. The SMILES string of the molecule is CN1CCC[C@H]1c1nnc2ccc(O[C@@H]3CC[C@H](NC(=O)Nc4cc(C(C)(C)C)n(-c5cccc(OCCO)c5)n4)c4ccccc43)cn12. The summed E-state index contributed by atoms with van der Waals surface area (Å²) >= 11 is 0. The van der Waals surface area contributed by atoms with E-state index in [1.165, 1.54) is 0 Å². The van der Waals surface area contributed by atoms with Crippen LogP contribution in [0.3, 0.4) is 0 Å². The zero-order valence-electron chi connectivity index (χ0n) is 28.5. The Morgan fingerprint density at radius 3 is 2.59 bits per heavy atom. The van der Waals surface area contributed by atoms with Crippen molar-refractivity contribution in [1.29, 1.82) is 0 Å². The molecule has 2 amide bonds. The maximum Gasteiger partial charge on any atom is 0.320 e. The number of likely N-dealkylation sites (tertiary alicyclic amines) is 1. The van der Waals surface area contributed by atoms with Gasteiger partial charge in [0.25, 0.3) is 0 Å². The summed E-state index contributed by atoms with van der Waals surface area (Å²) in [5.41, 5.74) is 4.37. The minimum Gasteiger partial charge on any atom is -0.491 e. The Hall–Kier alpha value is -4.94. The summed E-state index contributed by atoms with van der Waals surface area (Å²) in [5.74, 6) is 2.78. The molecule has 256 valence electrons. The summed E-state index contributed by atoms with van der Waals surface area (Å²) in [4.78, 5) is 15.8. The third-order valence-corrected chi connectivity index (χ3v) is 9.38. The molecule has 0 bridgehead atoms. The fraction of sp³-hybridized carbons (Fsp3) is 0.405. The number of rotatable bonds is 9. The van der Waals surface area contributed by atoms with Crippen LogP contribution in [-0.2, 0) is 5.41 Å². The summed E-state index contributed by atoms with van der Waals surface area (Å²) in [7, 11) is 2.14. The first kappa shape index (κ1) is 32.6. The monoisotopic (exact) mass is 664 g/mol. The molecule has 7 rings (SSSR count). The molecular weight excluding hydrogens is 620 g/mol. The van der Waals surface area contributed by atoms with Gasteiger partial charge in [0, 0.05) is 17.5 Å². The first-order chi connectivity index (χ1) is 23.7. The minimum absolute atomic E-state index is 0.0682. The van der Waals surface area contributed by atoms with Crippen LogP contribution in [0.15, 0.2) is 72.9 Å². The number of fused-ring (bicyclic) bond motifs is 2. The average molecular weight is 665 g/mol. The largest absolute Gasteiger partial charge is 0.491 e. The summed E-state index contributed by atoms with van der Waals surface area (Å²) in [6, 6.07) is 21.2. The van der Waals surface area contributed by atoms with E-state index in [4.69, 9.17) is 19.7 Å². The summed E-state index contributed by atoms with van der Waals surface area (Å²) in [5, 5.41) is 29.0. The number of aliphatic hydroxyl groups excluding tert-OH is 1. The van der Waals surface area contributed by atoms with Gasteiger partial charge in [-0.05, 0) is 74.7 Å². The third kappa shape index (κ3) is 6.83. The number of aromatic nitrogens is 5. The number of aliphatic hydroxyl groups is 1. The number of carbonyl (C=O) groups excluding carboxylic acids is 1. The molecule has 1 fully saturated rings. The first-order valence-corrected chi connectivity index (χ1v) is 17.0. The van der Waals surface area contributed by atoms with E-state index in [9.17, 15) is 4.79 Å². The Bertz CT molecular complexity index is 1950. The molecular formula is C37H44N8O4. The van der Waals surface area contributed by atoms with Crippen molar-refractivity contribution in [3.63, 3.8) is 0 Å². The van der Waals surface area contributed by atoms with Crippen molar-refractivity contribution >= 4 is 17.5 Å². The second-order valence-corrected chi connectivity index (χ2v) is 13.9. The summed E-state index contributed by atoms with van der Waals surface area (Å²) in [6.07, 6.45) is 5.50. The van der Waals surface area contributed by atoms with Crippen molar-refractivity contribution < 1.29 is 19.4 Å². The lowest BCUT2D eigenvalue weighted by molar-refractivity contribution is 0.171. The molecule has 1 aliphatic heterocycles. The molecule has 5 aromatic rings. The predicted molar refractivity (Wildman–Crippen MR) is 186 cm³/mol. The molecule has 1 saturated heterocycles.